The molecule has 112 valence electrons. The molecule has 3 heteroatoms. The van der Waals surface area contributed by atoms with E-state index in [1.807, 2.05) is 0 Å². The minimum Gasteiger partial charge on any atom is -0.380 e. The lowest BCUT2D eigenvalue weighted by molar-refractivity contribution is 0.0484. The van der Waals surface area contributed by atoms with Crippen molar-refractivity contribution in [3.05, 3.63) is 0 Å². The van der Waals surface area contributed by atoms with Gasteiger partial charge in [-0.2, -0.15) is 0 Å². The highest BCUT2D eigenvalue weighted by Crippen LogP contribution is 2.29. The van der Waals surface area contributed by atoms with Crippen molar-refractivity contribution < 1.29 is 4.74 Å². The van der Waals surface area contributed by atoms with E-state index >= 15 is 0 Å². The van der Waals surface area contributed by atoms with E-state index in [0.717, 1.165) is 38.3 Å². The van der Waals surface area contributed by atoms with Gasteiger partial charge in [0.15, 0.2) is 0 Å². The molecule has 0 amide bonds. The molecule has 1 aliphatic carbocycles. The molecule has 0 spiro atoms. The van der Waals surface area contributed by atoms with E-state index in [1.54, 1.807) is 0 Å². The second kappa shape index (κ2) is 8.93. The lowest BCUT2D eigenvalue weighted by Crippen LogP contribution is -2.55. The van der Waals surface area contributed by atoms with Gasteiger partial charge in [-0.15, -0.1) is 0 Å². The highest BCUT2D eigenvalue weighted by atomic mass is 16.5. The van der Waals surface area contributed by atoms with E-state index in [0.29, 0.717) is 0 Å². The van der Waals surface area contributed by atoms with Crippen LogP contribution in [0, 0.1) is 5.92 Å². The molecule has 1 unspecified atom stereocenters. The smallest absolute Gasteiger partial charge is 0.0593 e. The monoisotopic (exact) mass is 268 g/mol. The fourth-order valence-corrected chi connectivity index (χ4v) is 3.56. The predicted molar refractivity (Wildman–Crippen MR) is 80.5 cm³/mol. The van der Waals surface area contributed by atoms with Crippen LogP contribution in [0.15, 0.2) is 0 Å². The maximum atomic E-state index is 5.75. The third-order valence-corrected chi connectivity index (χ3v) is 4.76. The Morgan fingerprint density at radius 2 is 2.00 bits per heavy atom. The summed E-state index contributed by atoms with van der Waals surface area (Å²) in [7, 11) is 0. The van der Waals surface area contributed by atoms with Crippen LogP contribution in [0.4, 0.5) is 0 Å². The van der Waals surface area contributed by atoms with E-state index in [4.69, 9.17) is 4.74 Å². The van der Waals surface area contributed by atoms with Crippen LogP contribution in [0.1, 0.15) is 51.9 Å². The third kappa shape index (κ3) is 5.05. The quantitative estimate of drug-likeness (QED) is 0.718. The van der Waals surface area contributed by atoms with Crippen molar-refractivity contribution in [3.8, 4) is 0 Å². The lowest BCUT2D eigenvalue weighted by Gasteiger charge is -2.42. The Hall–Kier alpha value is -0.120. The standard InChI is InChI=1S/C16H32N2O/c1-2-3-12-19-13-11-18-10-9-17-14-16(18)15-7-5-4-6-8-15/h15-17H,2-14H2,1H3. The molecular formula is C16H32N2O. The summed E-state index contributed by atoms with van der Waals surface area (Å²) in [6.45, 7) is 8.77. The zero-order valence-corrected chi connectivity index (χ0v) is 12.7. The van der Waals surface area contributed by atoms with E-state index in [9.17, 15) is 0 Å². The van der Waals surface area contributed by atoms with Crippen molar-refractivity contribution >= 4 is 0 Å². The topological polar surface area (TPSA) is 24.5 Å². The molecule has 0 aromatic heterocycles. The molecule has 2 fully saturated rings. The summed E-state index contributed by atoms with van der Waals surface area (Å²) in [4.78, 5) is 2.69. The Morgan fingerprint density at radius 1 is 1.16 bits per heavy atom. The van der Waals surface area contributed by atoms with Crippen LogP contribution in [0.5, 0.6) is 0 Å². The zero-order chi connectivity index (χ0) is 13.3. The number of nitrogens with one attached hydrogen (secondary N) is 1. The Labute approximate surface area is 119 Å². The average Bonchev–Trinajstić information content (AvgIpc) is 2.48. The highest BCUT2D eigenvalue weighted by molar-refractivity contribution is 4.86. The van der Waals surface area contributed by atoms with Crippen molar-refractivity contribution in [2.24, 2.45) is 5.92 Å². The van der Waals surface area contributed by atoms with Crippen LogP contribution in [0.2, 0.25) is 0 Å². The fraction of sp³-hybridized carbons (Fsp3) is 1.00. The summed E-state index contributed by atoms with van der Waals surface area (Å²) in [5.41, 5.74) is 0. The Kier molecular flexibility index (Phi) is 7.18. The molecule has 1 aliphatic heterocycles. The summed E-state index contributed by atoms with van der Waals surface area (Å²) in [5, 5.41) is 3.59. The van der Waals surface area contributed by atoms with Crippen molar-refractivity contribution in [3.63, 3.8) is 0 Å². The SMILES string of the molecule is CCCCOCCN1CCNCC1C1CCCCC1. The van der Waals surface area contributed by atoms with Gasteiger partial charge < -0.3 is 10.1 Å². The number of unbranched alkanes of at least 4 members (excludes halogenated alkanes) is 1. The van der Waals surface area contributed by atoms with Gasteiger partial charge in [0.25, 0.3) is 0 Å². The van der Waals surface area contributed by atoms with Crippen LogP contribution in [0.3, 0.4) is 0 Å². The molecule has 0 radical (unpaired) electrons. The first-order valence-electron chi connectivity index (χ1n) is 8.44. The average molecular weight is 268 g/mol. The number of nitrogens with zero attached hydrogens (tertiary/aromatic N) is 1. The van der Waals surface area contributed by atoms with Gasteiger partial charge in [0.05, 0.1) is 6.61 Å². The second-order valence-electron chi connectivity index (χ2n) is 6.17. The van der Waals surface area contributed by atoms with Crippen molar-refractivity contribution in [1.29, 1.82) is 0 Å². The molecule has 0 bridgehead atoms. The van der Waals surface area contributed by atoms with Gasteiger partial charge >= 0.3 is 0 Å². The van der Waals surface area contributed by atoms with Crippen LogP contribution >= 0.6 is 0 Å². The molecule has 1 N–H and O–H groups in total. The molecule has 2 rings (SSSR count). The van der Waals surface area contributed by atoms with E-state index in [2.05, 4.69) is 17.1 Å². The molecule has 3 nitrogen and oxygen atoms in total. The molecule has 1 saturated heterocycles. The Bertz CT molecular complexity index is 229. The van der Waals surface area contributed by atoms with Crippen LogP contribution in [-0.4, -0.2) is 50.3 Å². The van der Waals surface area contributed by atoms with E-state index in [-0.39, 0.29) is 0 Å². The van der Waals surface area contributed by atoms with E-state index in [1.165, 1.54) is 58.0 Å². The van der Waals surface area contributed by atoms with Crippen LogP contribution in [0.25, 0.3) is 0 Å². The maximum Gasteiger partial charge on any atom is 0.0593 e. The maximum absolute atomic E-state index is 5.75. The first-order chi connectivity index (χ1) is 9.42. The van der Waals surface area contributed by atoms with Gasteiger partial charge in [-0.1, -0.05) is 32.6 Å². The zero-order valence-electron chi connectivity index (χ0n) is 12.7. The second-order valence-corrected chi connectivity index (χ2v) is 6.17. The predicted octanol–water partition coefficient (Wildman–Crippen LogP) is 2.66. The molecule has 0 aromatic rings. The molecule has 1 heterocycles. The van der Waals surface area contributed by atoms with Crippen molar-refractivity contribution in [2.45, 2.75) is 57.9 Å². The number of piperazine rings is 1. The number of hydrogen-bond donors (Lipinski definition) is 1. The van der Waals surface area contributed by atoms with Gasteiger partial charge in [0.2, 0.25) is 0 Å². The van der Waals surface area contributed by atoms with Gasteiger partial charge in [0, 0.05) is 38.8 Å². The lowest BCUT2D eigenvalue weighted by atomic mass is 9.82. The van der Waals surface area contributed by atoms with E-state index < -0.39 is 0 Å². The summed E-state index contributed by atoms with van der Waals surface area (Å²) in [6, 6.07) is 0.767. The van der Waals surface area contributed by atoms with Gasteiger partial charge in [-0.05, 0) is 25.2 Å². The minimum absolute atomic E-state index is 0.767. The molecule has 0 aromatic carbocycles. The van der Waals surface area contributed by atoms with Crippen molar-refractivity contribution in [2.75, 3.05) is 39.4 Å². The van der Waals surface area contributed by atoms with Crippen molar-refractivity contribution in [1.82, 2.24) is 10.2 Å². The van der Waals surface area contributed by atoms with Gasteiger partial charge in [0.1, 0.15) is 0 Å². The van der Waals surface area contributed by atoms with Crippen LogP contribution in [-0.2, 0) is 4.74 Å². The first-order valence-corrected chi connectivity index (χ1v) is 8.44. The summed E-state index contributed by atoms with van der Waals surface area (Å²) in [5.74, 6) is 0.928. The summed E-state index contributed by atoms with van der Waals surface area (Å²) in [6.07, 6.45) is 9.67. The Morgan fingerprint density at radius 3 is 2.79 bits per heavy atom. The number of hydrogen-bond acceptors (Lipinski definition) is 3. The normalized spacial score (nSPS) is 26.7. The first kappa shape index (κ1) is 15.3. The Balaban J connectivity index is 1.72. The summed E-state index contributed by atoms with van der Waals surface area (Å²) >= 11 is 0. The number of rotatable bonds is 7. The van der Waals surface area contributed by atoms with Crippen LogP contribution < -0.4 is 5.32 Å². The fourth-order valence-electron chi connectivity index (χ4n) is 3.56. The summed E-state index contributed by atoms with van der Waals surface area (Å²) < 4.78 is 5.75. The molecule has 1 saturated carbocycles. The highest BCUT2D eigenvalue weighted by Gasteiger charge is 2.30. The number of ether oxygens (including phenoxy) is 1. The molecule has 19 heavy (non-hydrogen) atoms. The molecule has 2 aliphatic rings. The molecular weight excluding hydrogens is 236 g/mol. The van der Waals surface area contributed by atoms with Gasteiger partial charge in [-0.25, -0.2) is 0 Å². The third-order valence-electron chi connectivity index (χ3n) is 4.76. The molecule has 1 atom stereocenters. The minimum atomic E-state index is 0.767. The van der Waals surface area contributed by atoms with Gasteiger partial charge in [-0.3, -0.25) is 4.90 Å². The largest absolute Gasteiger partial charge is 0.380 e.